The van der Waals surface area contributed by atoms with Crippen molar-refractivity contribution < 1.29 is 0 Å². The van der Waals surface area contributed by atoms with Crippen molar-refractivity contribution in [3.05, 3.63) is 142 Å². The Kier molecular flexibility index (Phi) is 8.48. The van der Waals surface area contributed by atoms with Crippen LogP contribution in [0.3, 0.4) is 0 Å². The molecule has 6 aromatic rings. The zero-order chi connectivity index (χ0) is 30.7. The largest absolute Gasteiger partial charge is 0.358 e. The molecular formula is C42H46N4. The number of unbranched alkanes of at least 4 members (excludes halogenated alkanes) is 1. The number of H-pyrrole nitrogens is 2. The Hall–Kier alpha value is -4.12. The molecule has 8 rings (SSSR count). The number of nitrogens with one attached hydrogen (secondary N) is 2. The molecule has 0 aliphatic carbocycles. The first kappa shape index (κ1) is 29.3. The number of benzene rings is 4. The van der Waals surface area contributed by atoms with Crippen LogP contribution in [0.1, 0.15) is 57.6 Å². The molecule has 0 saturated heterocycles. The van der Waals surface area contributed by atoms with E-state index in [0.717, 1.165) is 64.7 Å². The molecule has 0 radical (unpaired) electrons. The van der Waals surface area contributed by atoms with Crippen molar-refractivity contribution in [3.8, 4) is 0 Å². The molecule has 0 amide bonds. The maximum Gasteiger partial charge on any atom is 0.0459 e. The molecule has 4 nitrogen and oxygen atoms in total. The zero-order valence-electron chi connectivity index (χ0n) is 27.0. The fraction of sp³-hybridized carbons (Fsp3) is 0.333. The van der Waals surface area contributed by atoms with Gasteiger partial charge in [-0.05, 0) is 97.1 Å². The minimum atomic E-state index is 1.00. The molecule has 234 valence electrons. The molecule has 46 heavy (non-hydrogen) atoms. The van der Waals surface area contributed by atoms with Crippen LogP contribution < -0.4 is 0 Å². The number of rotatable bonds is 5. The molecule has 0 fully saturated rings. The van der Waals surface area contributed by atoms with Gasteiger partial charge in [0.1, 0.15) is 0 Å². The summed E-state index contributed by atoms with van der Waals surface area (Å²) in [5, 5.41) is 2.80. The van der Waals surface area contributed by atoms with Crippen molar-refractivity contribution in [2.24, 2.45) is 0 Å². The number of hydrogen-bond acceptors (Lipinski definition) is 2. The van der Waals surface area contributed by atoms with E-state index in [1.165, 1.54) is 92.5 Å². The highest BCUT2D eigenvalue weighted by Gasteiger charge is 2.19. The molecule has 0 bridgehead atoms. The van der Waals surface area contributed by atoms with Gasteiger partial charge in [0.05, 0.1) is 0 Å². The van der Waals surface area contributed by atoms with Gasteiger partial charge in [0, 0.05) is 72.2 Å². The van der Waals surface area contributed by atoms with Gasteiger partial charge in [-0.2, -0.15) is 0 Å². The second-order valence-corrected chi connectivity index (χ2v) is 13.5. The van der Waals surface area contributed by atoms with E-state index in [0.29, 0.717) is 0 Å². The molecule has 2 aliphatic heterocycles. The summed E-state index contributed by atoms with van der Waals surface area (Å²) < 4.78 is 0. The molecule has 0 unspecified atom stereocenters. The predicted octanol–water partition coefficient (Wildman–Crippen LogP) is 8.11. The van der Waals surface area contributed by atoms with Crippen molar-refractivity contribution in [1.29, 1.82) is 0 Å². The second-order valence-electron chi connectivity index (χ2n) is 13.5. The number of nitrogens with zero attached hydrogens (tertiary/aromatic N) is 2. The van der Waals surface area contributed by atoms with Gasteiger partial charge >= 0.3 is 0 Å². The monoisotopic (exact) mass is 606 g/mol. The third-order valence-corrected chi connectivity index (χ3v) is 10.7. The zero-order valence-corrected chi connectivity index (χ0v) is 27.0. The summed E-state index contributed by atoms with van der Waals surface area (Å²) in [5.74, 6) is 0. The van der Waals surface area contributed by atoms with Crippen molar-refractivity contribution in [2.75, 3.05) is 39.3 Å². The summed E-state index contributed by atoms with van der Waals surface area (Å²) in [6.07, 6.45) is 8.97. The third kappa shape index (κ3) is 6.17. The van der Waals surface area contributed by atoms with Crippen molar-refractivity contribution in [1.82, 2.24) is 19.8 Å². The van der Waals surface area contributed by atoms with Gasteiger partial charge < -0.3 is 19.8 Å². The van der Waals surface area contributed by atoms with Crippen LogP contribution in [0.2, 0.25) is 0 Å². The number of hydrogen-bond donors (Lipinski definition) is 2. The highest BCUT2D eigenvalue weighted by molar-refractivity contribution is 5.85. The molecule has 0 atom stereocenters. The minimum absolute atomic E-state index is 1.00. The van der Waals surface area contributed by atoms with E-state index in [-0.39, 0.29) is 0 Å². The number of aromatic nitrogens is 2. The van der Waals surface area contributed by atoms with Crippen LogP contribution >= 0.6 is 0 Å². The van der Waals surface area contributed by atoms with E-state index in [1.807, 2.05) is 0 Å². The lowest BCUT2D eigenvalue weighted by Gasteiger charge is -2.27. The summed E-state index contributed by atoms with van der Waals surface area (Å²) in [5.41, 5.74) is 14.3. The predicted molar refractivity (Wildman–Crippen MR) is 192 cm³/mol. The van der Waals surface area contributed by atoms with Gasteiger partial charge in [-0.15, -0.1) is 0 Å². The Balaban J connectivity index is 0.954. The standard InChI is InChI=1S/C42H46N4/c1-3-13-33-29-41-37(35-15-5-7-17-39(35)43-41)21-27-45(25-19-31(33)11-1)23-9-10-24-46-26-20-32-12-2-4-14-34(32)30-42-38(22-28-46)36-16-6-8-18-40(36)44-42/h1-8,11-18,43-44H,9-10,19-30H2. The van der Waals surface area contributed by atoms with E-state index in [1.54, 1.807) is 0 Å². The van der Waals surface area contributed by atoms with Gasteiger partial charge in [-0.3, -0.25) is 0 Å². The van der Waals surface area contributed by atoms with Crippen LogP contribution in [-0.4, -0.2) is 59.0 Å². The topological polar surface area (TPSA) is 38.1 Å². The first-order valence-electron chi connectivity index (χ1n) is 17.5. The van der Waals surface area contributed by atoms with Gasteiger partial charge in [-0.1, -0.05) is 84.9 Å². The molecule has 0 saturated carbocycles. The second kappa shape index (κ2) is 13.3. The van der Waals surface area contributed by atoms with Gasteiger partial charge in [0.2, 0.25) is 0 Å². The Morgan fingerprint density at radius 1 is 0.435 bits per heavy atom. The first-order valence-corrected chi connectivity index (χ1v) is 17.5. The molecule has 4 heteroatoms. The Labute approximate surface area is 273 Å². The quantitative estimate of drug-likeness (QED) is 0.195. The lowest BCUT2D eigenvalue weighted by molar-refractivity contribution is 0.245. The molecular weight excluding hydrogens is 560 g/mol. The van der Waals surface area contributed by atoms with Crippen LogP contribution in [0.4, 0.5) is 0 Å². The Bertz CT molecular complexity index is 1800. The highest BCUT2D eigenvalue weighted by atomic mass is 15.1. The maximum atomic E-state index is 3.79. The average Bonchev–Trinajstić information content (AvgIpc) is 3.62. The Morgan fingerprint density at radius 2 is 0.826 bits per heavy atom. The van der Waals surface area contributed by atoms with E-state index in [2.05, 4.69) is 117 Å². The number of aromatic amines is 2. The van der Waals surface area contributed by atoms with E-state index in [4.69, 9.17) is 0 Å². The number of para-hydroxylation sites is 2. The minimum Gasteiger partial charge on any atom is -0.358 e. The molecule has 0 spiro atoms. The van der Waals surface area contributed by atoms with Crippen LogP contribution in [0.25, 0.3) is 21.8 Å². The lowest BCUT2D eigenvalue weighted by atomic mass is 9.96. The van der Waals surface area contributed by atoms with Crippen LogP contribution in [0, 0.1) is 0 Å². The highest BCUT2D eigenvalue weighted by Crippen LogP contribution is 2.29. The van der Waals surface area contributed by atoms with Gasteiger partial charge in [-0.25, -0.2) is 0 Å². The summed E-state index contributed by atoms with van der Waals surface area (Å²) in [7, 11) is 0. The Morgan fingerprint density at radius 3 is 1.30 bits per heavy atom. The van der Waals surface area contributed by atoms with Gasteiger partial charge in [0.15, 0.2) is 0 Å². The fourth-order valence-corrected chi connectivity index (χ4v) is 8.15. The smallest absolute Gasteiger partial charge is 0.0459 e. The number of fused-ring (bicyclic) bond motifs is 8. The summed E-state index contributed by atoms with van der Waals surface area (Å²) >= 11 is 0. The summed E-state index contributed by atoms with van der Waals surface area (Å²) in [6.45, 7) is 6.87. The van der Waals surface area contributed by atoms with E-state index < -0.39 is 0 Å². The fourth-order valence-electron chi connectivity index (χ4n) is 8.15. The first-order chi connectivity index (χ1) is 22.8. The summed E-state index contributed by atoms with van der Waals surface area (Å²) in [6, 6.07) is 36.0. The summed E-state index contributed by atoms with van der Waals surface area (Å²) in [4.78, 5) is 13.1. The normalized spacial score (nSPS) is 16.4. The third-order valence-electron chi connectivity index (χ3n) is 10.7. The molecule has 4 heterocycles. The molecule has 2 aliphatic rings. The van der Waals surface area contributed by atoms with Crippen molar-refractivity contribution in [2.45, 2.75) is 51.4 Å². The van der Waals surface area contributed by atoms with Crippen molar-refractivity contribution >= 4 is 21.8 Å². The van der Waals surface area contributed by atoms with Gasteiger partial charge in [0.25, 0.3) is 0 Å². The van der Waals surface area contributed by atoms with E-state index in [9.17, 15) is 0 Å². The van der Waals surface area contributed by atoms with Crippen LogP contribution in [0.5, 0.6) is 0 Å². The van der Waals surface area contributed by atoms with E-state index >= 15 is 0 Å². The van der Waals surface area contributed by atoms with Crippen LogP contribution in [-0.2, 0) is 38.5 Å². The molecule has 2 aromatic heterocycles. The average molecular weight is 607 g/mol. The van der Waals surface area contributed by atoms with Crippen LogP contribution in [0.15, 0.2) is 97.1 Å². The van der Waals surface area contributed by atoms with Crippen molar-refractivity contribution in [3.63, 3.8) is 0 Å². The SMILES string of the molecule is c1ccc2c(c1)CCN(CCCCN1CCc3ccccc3Cc3[nH]c4ccccc4c3CC1)CCc1c([nH]c3ccccc13)C2. The lowest BCUT2D eigenvalue weighted by Crippen LogP contribution is -2.33. The molecule has 2 N–H and O–H groups in total. The molecule has 4 aromatic carbocycles. The maximum absolute atomic E-state index is 3.79.